The van der Waals surface area contributed by atoms with Crippen molar-refractivity contribution in [3.8, 4) is 11.3 Å². The van der Waals surface area contributed by atoms with E-state index in [-0.39, 0.29) is 5.91 Å². The lowest BCUT2D eigenvalue weighted by molar-refractivity contribution is 0.0629. The summed E-state index contributed by atoms with van der Waals surface area (Å²) >= 11 is 0. The Morgan fingerprint density at radius 2 is 2.10 bits per heavy atom. The van der Waals surface area contributed by atoms with Gasteiger partial charge in [-0.2, -0.15) is 5.10 Å². The quantitative estimate of drug-likeness (QED) is 0.910. The molecule has 0 bridgehead atoms. The van der Waals surface area contributed by atoms with Crippen molar-refractivity contribution in [1.29, 1.82) is 0 Å². The molecule has 0 unspecified atom stereocenters. The van der Waals surface area contributed by atoms with Crippen molar-refractivity contribution >= 4 is 5.91 Å². The summed E-state index contributed by atoms with van der Waals surface area (Å²) in [6, 6.07) is 12.1. The first-order valence-corrected chi connectivity index (χ1v) is 7.17. The minimum atomic E-state index is 0.0619. The molecule has 1 fully saturated rings. The lowest BCUT2D eigenvalue weighted by Crippen LogP contribution is -2.42. The maximum atomic E-state index is 12.5. The maximum absolute atomic E-state index is 12.5. The van der Waals surface area contributed by atoms with Crippen LogP contribution < -0.4 is 0 Å². The molecule has 0 saturated carbocycles. The molecule has 1 aliphatic heterocycles. The number of carbonyl (C=O) groups excluding carboxylic acids is 1. The van der Waals surface area contributed by atoms with Gasteiger partial charge in [-0.25, -0.2) is 0 Å². The van der Waals surface area contributed by atoms with Crippen LogP contribution in [-0.2, 0) is 0 Å². The number of hydrogen-bond acceptors (Lipinski definition) is 2. The normalized spacial score (nSPS) is 19.1. The maximum Gasteiger partial charge on any atom is 0.272 e. The summed E-state index contributed by atoms with van der Waals surface area (Å²) < 4.78 is 0. The van der Waals surface area contributed by atoms with Gasteiger partial charge in [0.05, 0.1) is 5.69 Å². The molecule has 1 aromatic carbocycles. The van der Waals surface area contributed by atoms with E-state index in [0.717, 1.165) is 30.6 Å². The van der Waals surface area contributed by atoms with Gasteiger partial charge in [0.1, 0.15) is 5.69 Å². The number of nitrogens with one attached hydrogen (secondary N) is 1. The van der Waals surface area contributed by atoms with E-state index in [2.05, 4.69) is 17.1 Å². The smallest absolute Gasteiger partial charge is 0.272 e. The monoisotopic (exact) mass is 269 g/mol. The van der Waals surface area contributed by atoms with Crippen molar-refractivity contribution in [2.75, 3.05) is 6.54 Å². The van der Waals surface area contributed by atoms with Gasteiger partial charge in [-0.3, -0.25) is 9.89 Å². The highest BCUT2D eigenvalue weighted by molar-refractivity contribution is 5.93. The number of aromatic nitrogens is 2. The van der Waals surface area contributed by atoms with E-state index in [1.165, 1.54) is 6.42 Å². The number of likely N-dealkylation sites (tertiary alicyclic amines) is 1. The number of hydrogen-bond donors (Lipinski definition) is 1. The van der Waals surface area contributed by atoms with E-state index >= 15 is 0 Å². The predicted octanol–water partition coefficient (Wildman–Crippen LogP) is 3.09. The molecule has 1 aliphatic rings. The highest BCUT2D eigenvalue weighted by Gasteiger charge is 2.25. The summed E-state index contributed by atoms with van der Waals surface area (Å²) in [4.78, 5) is 14.5. The number of amides is 1. The van der Waals surface area contributed by atoms with Crippen molar-refractivity contribution in [3.63, 3.8) is 0 Å². The zero-order valence-electron chi connectivity index (χ0n) is 11.7. The van der Waals surface area contributed by atoms with Gasteiger partial charge < -0.3 is 4.90 Å². The summed E-state index contributed by atoms with van der Waals surface area (Å²) in [5.74, 6) is 0.0619. The highest BCUT2D eigenvalue weighted by Crippen LogP contribution is 2.21. The zero-order valence-corrected chi connectivity index (χ0v) is 11.7. The number of carbonyl (C=O) groups is 1. The van der Waals surface area contributed by atoms with Gasteiger partial charge in [-0.05, 0) is 32.3 Å². The van der Waals surface area contributed by atoms with Gasteiger partial charge in [0.2, 0.25) is 0 Å². The SMILES string of the molecule is C[C@H]1CCCCN1C(=O)c1cc(-c2ccccc2)n[nH]1. The van der Waals surface area contributed by atoms with Crippen LogP contribution in [0.2, 0.25) is 0 Å². The summed E-state index contributed by atoms with van der Waals surface area (Å²) in [6.07, 6.45) is 3.39. The van der Waals surface area contributed by atoms with E-state index in [0.29, 0.717) is 11.7 Å². The molecule has 1 saturated heterocycles. The third-order valence-electron chi connectivity index (χ3n) is 3.94. The minimum Gasteiger partial charge on any atom is -0.335 e. The summed E-state index contributed by atoms with van der Waals surface area (Å²) in [7, 11) is 0. The van der Waals surface area contributed by atoms with Crippen LogP contribution in [0, 0.1) is 0 Å². The Kier molecular flexibility index (Phi) is 3.54. The van der Waals surface area contributed by atoms with Crippen molar-refractivity contribution in [2.45, 2.75) is 32.2 Å². The Balaban J connectivity index is 1.81. The molecule has 1 N–H and O–H groups in total. The van der Waals surface area contributed by atoms with Crippen LogP contribution in [0.1, 0.15) is 36.7 Å². The van der Waals surface area contributed by atoms with E-state index in [1.54, 1.807) is 0 Å². The molecule has 3 rings (SSSR count). The predicted molar refractivity (Wildman–Crippen MR) is 78.4 cm³/mol. The fraction of sp³-hybridized carbons (Fsp3) is 0.375. The van der Waals surface area contributed by atoms with Gasteiger partial charge in [0, 0.05) is 18.2 Å². The molecule has 0 radical (unpaired) electrons. The number of aromatic amines is 1. The van der Waals surface area contributed by atoms with Crippen LogP contribution in [-0.4, -0.2) is 33.6 Å². The Morgan fingerprint density at radius 3 is 2.85 bits per heavy atom. The third kappa shape index (κ3) is 2.46. The van der Waals surface area contributed by atoms with Crippen LogP contribution in [0.15, 0.2) is 36.4 Å². The molecule has 2 aromatic rings. The highest BCUT2D eigenvalue weighted by atomic mass is 16.2. The molecule has 0 spiro atoms. The zero-order chi connectivity index (χ0) is 13.9. The van der Waals surface area contributed by atoms with Crippen LogP contribution in [0.3, 0.4) is 0 Å². The first kappa shape index (κ1) is 12.9. The second kappa shape index (κ2) is 5.49. The number of benzene rings is 1. The van der Waals surface area contributed by atoms with Gasteiger partial charge >= 0.3 is 0 Å². The van der Waals surface area contributed by atoms with Crippen LogP contribution >= 0.6 is 0 Å². The molecule has 1 atom stereocenters. The standard InChI is InChI=1S/C16H19N3O/c1-12-7-5-6-10-19(12)16(20)15-11-14(17-18-15)13-8-3-2-4-9-13/h2-4,8-9,11-12H,5-7,10H2,1H3,(H,17,18)/t12-/m0/s1. The fourth-order valence-corrected chi connectivity index (χ4v) is 2.74. The lowest BCUT2D eigenvalue weighted by atomic mass is 10.0. The second-order valence-corrected chi connectivity index (χ2v) is 5.38. The molecular formula is C16H19N3O. The molecule has 20 heavy (non-hydrogen) atoms. The Labute approximate surface area is 118 Å². The van der Waals surface area contributed by atoms with Crippen LogP contribution in [0.4, 0.5) is 0 Å². The molecule has 104 valence electrons. The number of piperidine rings is 1. The average Bonchev–Trinajstić information content (AvgIpc) is 2.98. The molecule has 1 amide bonds. The van der Waals surface area contributed by atoms with Crippen molar-refractivity contribution in [3.05, 3.63) is 42.1 Å². The van der Waals surface area contributed by atoms with Gasteiger partial charge in [-0.15, -0.1) is 0 Å². The van der Waals surface area contributed by atoms with Crippen molar-refractivity contribution in [1.82, 2.24) is 15.1 Å². The van der Waals surface area contributed by atoms with E-state index in [1.807, 2.05) is 41.3 Å². The van der Waals surface area contributed by atoms with Crippen LogP contribution in [0.5, 0.6) is 0 Å². The largest absolute Gasteiger partial charge is 0.335 e. The van der Waals surface area contributed by atoms with Crippen molar-refractivity contribution in [2.24, 2.45) is 0 Å². The molecule has 0 aliphatic carbocycles. The number of rotatable bonds is 2. The molecule has 2 heterocycles. The number of H-pyrrole nitrogens is 1. The van der Waals surface area contributed by atoms with E-state index in [4.69, 9.17) is 0 Å². The molecular weight excluding hydrogens is 250 g/mol. The molecule has 4 heteroatoms. The average molecular weight is 269 g/mol. The van der Waals surface area contributed by atoms with Gasteiger partial charge in [0.15, 0.2) is 0 Å². The van der Waals surface area contributed by atoms with Crippen molar-refractivity contribution < 1.29 is 4.79 Å². The second-order valence-electron chi connectivity index (χ2n) is 5.38. The Bertz CT molecular complexity index is 591. The Hall–Kier alpha value is -2.10. The third-order valence-corrected chi connectivity index (χ3v) is 3.94. The first-order valence-electron chi connectivity index (χ1n) is 7.17. The molecule has 1 aromatic heterocycles. The van der Waals surface area contributed by atoms with Crippen LogP contribution in [0.25, 0.3) is 11.3 Å². The topological polar surface area (TPSA) is 49.0 Å². The van der Waals surface area contributed by atoms with E-state index in [9.17, 15) is 4.79 Å². The summed E-state index contributed by atoms with van der Waals surface area (Å²) in [6.45, 7) is 2.96. The first-order chi connectivity index (χ1) is 9.75. The summed E-state index contributed by atoms with van der Waals surface area (Å²) in [5, 5.41) is 7.14. The van der Waals surface area contributed by atoms with E-state index < -0.39 is 0 Å². The van der Waals surface area contributed by atoms with Gasteiger partial charge in [0.25, 0.3) is 5.91 Å². The molecule has 4 nitrogen and oxygen atoms in total. The Morgan fingerprint density at radius 1 is 1.30 bits per heavy atom. The number of nitrogens with zero attached hydrogens (tertiary/aromatic N) is 2. The fourth-order valence-electron chi connectivity index (χ4n) is 2.74. The minimum absolute atomic E-state index is 0.0619. The van der Waals surface area contributed by atoms with Gasteiger partial charge in [-0.1, -0.05) is 30.3 Å². The lowest BCUT2D eigenvalue weighted by Gasteiger charge is -2.32. The summed E-state index contributed by atoms with van der Waals surface area (Å²) in [5.41, 5.74) is 2.42.